The molecular weight excluding hydrogens is 302 g/mol. The number of carbonyl (C=O) groups excluding carboxylic acids is 2. The second kappa shape index (κ2) is 4.90. The van der Waals surface area contributed by atoms with Crippen LogP contribution >= 0.6 is 0 Å². The Labute approximate surface area is 139 Å². The number of para-hydroxylation sites is 1. The fourth-order valence-corrected chi connectivity index (χ4v) is 4.49. The minimum absolute atomic E-state index is 0.139. The number of H-pyrrole nitrogens is 1. The molecule has 1 N–H and O–H groups in total. The van der Waals surface area contributed by atoms with E-state index in [0.29, 0.717) is 0 Å². The predicted octanol–water partition coefficient (Wildman–Crippen LogP) is 2.70. The number of amides is 2. The highest BCUT2D eigenvalue weighted by Crippen LogP contribution is 2.49. The number of fused-ring (bicyclic) bond motifs is 2. The van der Waals surface area contributed by atoms with E-state index in [0.717, 1.165) is 34.3 Å². The molecule has 1 aromatic carbocycles. The third kappa shape index (κ3) is 1.78. The van der Waals surface area contributed by atoms with Gasteiger partial charge in [-0.2, -0.15) is 10.1 Å². The molecular formula is C19H17N3O2. The Morgan fingerprint density at radius 1 is 1.04 bits per heavy atom. The number of imide groups is 1. The quantitative estimate of drug-likeness (QED) is 0.525. The number of nitrogens with one attached hydrogen (secondary N) is 1. The fraction of sp³-hybridized carbons (Fsp3) is 0.316. The maximum Gasteiger partial charge on any atom is 0.254 e. The first-order chi connectivity index (χ1) is 11.7. The normalized spacial score (nSPS) is 31.6. The lowest BCUT2D eigenvalue weighted by Crippen LogP contribution is -2.38. The molecule has 2 amide bonds. The van der Waals surface area contributed by atoms with E-state index in [2.05, 4.69) is 22.2 Å². The molecule has 1 aliphatic heterocycles. The molecule has 0 spiro atoms. The summed E-state index contributed by atoms with van der Waals surface area (Å²) in [6.45, 7) is 0. The van der Waals surface area contributed by atoms with Gasteiger partial charge in [0.05, 0.1) is 18.1 Å². The van der Waals surface area contributed by atoms with Crippen LogP contribution in [0, 0.1) is 23.7 Å². The van der Waals surface area contributed by atoms with Crippen molar-refractivity contribution in [1.29, 1.82) is 0 Å². The zero-order chi connectivity index (χ0) is 16.3. The molecule has 4 aliphatic rings. The van der Waals surface area contributed by atoms with E-state index in [1.165, 1.54) is 0 Å². The van der Waals surface area contributed by atoms with E-state index in [1.807, 2.05) is 30.5 Å². The van der Waals surface area contributed by atoms with E-state index in [1.54, 1.807) is 6.21 Å². The van der Waals surface area contributed by atoms with Crippen LogP contribution in [0.4, 0.5) is 0 Å². The minimum atomic E-state index is -0.207. The summed E-state index contributed by atoms with van der Waals surface area (Å²) >= 11 is 0. The van der Waals surface area contributed by atoms with Crippen molar-refractivity contribution in [2.75, 3.05) is 0 Å². The average Bonchev–Trinajstić information content (AvgIpc) is 3.15. The molecule has 3 aliphatic carbocycles. The van der Waals surface area contributed by atoms with Crippen LogP contribution in [-0.2, 0) is 9.59 Å². The van der Waals surface area contributed by atoms with E-state index < -0.39 is 0 Å². The van der Waals surface area contributed by atoms with Crippen LogP contribution < -0.4 is 0 Å². The molecule has 5 heteroatoms. The van der Waals surface area contributed by atoms with Gasteiger partial charge in [0.2, 0.25) is 0 Å². The number of rotatable bonds is 2. The molecule has 5 nitrogen and oxygen atoms in total. The Hall–Kier alpha value is -2.69. The van der Waals surface area contributed by atoms with Crippen molar-refractivity contribution in [3.8, 4) is 0 Å². The molecule has 0 radical (unpaired) electrons. The lowest BCUT2D eigenvalue weighted by atomic mass is 9.63. The van der Waals surface area contributed by atoms with Crippen molar-refractivity contribution < 1.29 is 9.59 Å². The molecule has 1 saturated carbocycles. The minimum Gasteiger partial charge on any atom is -0.361 e. The van der Waals surface area contributed by atoms with Gasteiger partial charge in [0.25, 0.3) is 11.8 Å². The number of carbonyl (C=O) groups is 2. The zero-order valence-electron chi connectivity index (χ0n) is 13.1. The molecule has 4 atom stereocenters. The summed E-state index contributed by atoms with van der Waals surface area (Å²) in [7, 11) is 0. The maximum atomic E-state index is 12.7. The van der Waals surface area contributed by atoms with Gasteiger partial charge in [-0.3, -0.25) is 9.59 Å². The Morgan fingerprint density at radius 2 is 1.71 bits per heavy atom. The van der Waals surface area contributed by atoms with Gasteiger partial charge in [0, 0.05) is 22.7 Å². The van der Waals surface area contributed by atoms with Crippen molar-refractivity contribution in [3.05, 3.63) is 48.2 Å². The van der Waals surface area contributed by atoms with Gasteiger partial charge in [-0.1, -0.05) is 30.4 Å². The Balaban J connectivity index is 1.48. The lowest BCUT2D eigenvalue weighted by molar-refractivity contribution is -0.140. The third-order valence-corrected chi connectivity index (χ3v) is 5.67. The monoisotopic (exact) mass is 319 g/mol. The first kappa shape index (κ1) is 13.7. The molecule has 1 saturated heterocycles. The molecule has 24 heavy (non-hydrogen) atoms. The van der Waals surface area contributed by atoms with E-state index in [-0.39, 0.29) is 35.5 Å². The van der Waals surface area contributed by atoms with Crippen LogP contribution in [0.2, 0.25) is 0 Å². The van der Waals surface area contributed by atoms with Crippen LogP contribution in [0.3, 0.4) is 0 Å². The summed E-state index contributed by atoms with van der Waals surface area (Å²) < 4.78 is 0. The van der Waals surface area contributed by atoms with Gasteiger partial charge in [-0.15, -0.1) is 0 Å². The molecule has 2 fully saturated rings. The first-order valence-electron chi connectivity index (χ1n) is 8.40. The van der Waals surface area contributed by atoms with Crippen LogP contribution in [0.1, 0.15) is 18.4 Å². The summed E-state index contributed by atoms with van der Waals surface area (Å²) in [6, 6.07) is 7.89. The summed E-state index contributed by atoms with van der Waals surface area (Å²) in [5, 5.41) is 6.39. The van der Waals surface area contributed by atoms with Crippen LogP contribution in [-0.4, -0.2) is 28.0 Å². The predicted molar refractivity (Wildman–Crippen MR) is 90.1 cm³/mol. The number of aromatic amines is 1. The Morgan fingerprint density at radius 3 is 2.38 bits per heavy atom. The molecule has 2 aromatic rings. The number of nitrogens with zero attached hydrogens (tertiary/aromatic N) is 2. The van der Waals surface area contributed by atoms with Crippen molar-refractivity contribution >= 4 is 28.9 Å². The second-order valence-corrected chi connectivity index (χ2v) is 6.86. The zero-order valence-corrected chi connectivity index (χ0v) is 13.1. The molecule has 2 bridgehead atoms. The fourth-order valence-electron chi connectivity index (χ4n) is 4.49. The van der Waals surface area contributed by atoms with E-state index >= 15 is 0 Å². The number of allylic oxidation sites excluding steroid dienone is 2. The Bertz CT molecular complexity index is 878. The summed E-state index contributed by atoms with van der Waals surface area (Å²) in [5.41, 5.74) is 1.89. The Kier molecular flexibility index (Phi) is 2.80. The molecule has 1 aromatic heterocycles. The molecule has 6 rings (SSSR count). The smallest absolute Gasteiger partial charge is 0.254 e. The van der Waals surface area contributed by atoms with Crippen molar-refractivity contribution in [2.45, 2.75) is 12.8 Å². The van der Waals surface area contributed by atoms with Gasteiger partial charge in [0.1, 0.15) is 0 Å². The molecule has 120 valence electrons. The SMILES string of the molecule is O=C1[C@H]2[C@H](C(=O)N1/N=C\c1c[nH]c3ccccc13)[C@@H]1C=C[C@@H]2CC1. The largest absolute Gasteiger partial charge is 0.361 e. The summed E-state index contributed by atoms with van der Waals surface area (Å²) in [5.74, 6) is -0.294. The first-order valence-corrected chi connectivity index (χ1v) is 8.40. The van der Waals surface area contributed by atoms with Gasteiger partial charge < -0.3 is 4.98 Å². The van der Waals surface area contributed by atoms with Gasteiger partial charge >= 0.3 is 0 Å². The van der Waals surface area contributed by atoms with E-state index in [4.69, 9.17) is 0 Å². The third-order valence-electron chi connectivity index (χ3n) is 5.67. The van der Waals surface area contributed by atoms with Crippen LogP contribution in [0.5, 0.6) is 0 Å². The van der Waals surface area contributed by atoms with Gasteiger partial charge in [0.15, 0.2) is 0 Å². The maximum absolute atomic E-state index is 12.7. The highest BCUT2D eigenvalue weighted by molar-refractivity contribution is 6.07. The van der Waals surface area contributed by atoms with Crippen molar-refractivity contribution in [3.63, 3.8) is 0 Å². The standard InChI is InChI=1S/C19H17N3O2/c23-18-16-11-5-6-12(8-7-11)17(16)19(24)22(18)21-10-13-9-20-15-4-2-1-3-14(13)15/h1-6,9-12,16-17,20H,7-8H2/b21-10-/t11-,12-,16-,17-/m1/s1. The molecule has 0 unspecified atom stereocenters. The van der Waals surface area contributed by atoms with Gasteiger partial charge in [-0.25, -0.2) is 0 Å². The number of hydrogen-bond donors (Lipinski definition) is 1. The van der Waals surface area contributed by atoms with Crippen LogP contribution in [0.15, 0.2) is 47.7 Å². The van der Waals surface area contributed by atoms with Crippen molar-refractivity contribution in [2.24, 2.45) is 28.8 Å². The summed E-state index contributed by atoms with van der Waals surface area (Å²) in [6.07, 6.45) is 9.70. The lowest BCUT2D eigenvalue weighted by Gasteiger charge is -2.37. The average molecular weight is 319 g/mol. The summed E-state index contributed by atoms with van der Waals surface area (Å²) in [4.78, 5) is 28.6. The highest BCUT2D eigenvalue weighted by Gasteiger charge is 2.56. The van der Waals surface area contributed by atoms with Gasteiger partial charge in [-0.05, 0) is 30.7 Å². The highest BCUT2D eigenvalue weighted by atomic mass is 16.2. The molecule has 2 heterocycles. The number of hydrazone groups is 1. The number of aromatic nitrogens is 1. The second-order valence-electron chi connectivity index (χ2n) is 6.86. The van der Waals surface area contributed by atoms with Crippen LogP contribution in [0.25, 0.3) is 10.9 Å². The van der Waals surface area contributed by atoms with Crippen molar-refractivity contribution in [1.82, 2.24) is 9.99 Å². The number of hydrogen-bond acceptors (Lipinski definition) is 3. The van der Waals surface area contributed by atoms with E-state index in [9.17, 15) is 9.59 Å². The topological polar surface area (TPSA) is 65.5 Å². The number of benzene rings is 1.